The molecule has 4 nitrogen and oxygen atoms in total. The molecule has 0 spiro atoms. The molecule has 3 rings (SSSR count). The van der Waals surface area contributed by atoms with E-state index in [0.29, 0.717) is 27.3 Å². The van der Waals surface area contributed by atoms with E-state index in [0.717, 1.165) is 27.1 Å². The Morgan fingerprint density at radius 1 is 0.968 bits per heavy atom. The van der Waals surface area contributed by atoms with Crippen molar-refractivity contribution >= 4 is 40.9 Å². The van der Waals surface area contributed by atoms with Crippen LogP contribution in [0.2, 0.25) is 10.0 Å². The van der Waals surface area contributed by atoms with Gasteiger partial charge in [-0.25, -0.2) is 4.79 Å². The Hall–Kier alpha value is -2.34. The van der Waals surface area contributed by atoms with E-state index in [1.807, 2.05) is 37.3 Å². The summed E-state index contributed by atoms with van der Waals surface area (Å²) >= 11 is 14.2. The first kappa shape index (κ1) is 23.3. The summed E-state index contributed by atoms with van der Waals surface area (Å²) in [4.78, 5) is 12.3. The summed E-state index contributed by atoms with van der Waals surface area (Å²) in [5, 5.41) is 1.22. The minimum absolute atomic E-state index is 0.151. The van der Waals surface area contributed by atoms with Gasteiger partial charge in [-0.15, -0.1) is 11.8 Å². The van der Waals surface area contributed by atoms with Crippen molar-refractivity contribution in [2.75, 3.05) is 20.8 Å². The second-order valence-electron chi connectivity index (χ2n) is 6.70. The number of carbonyl (C=O) groups is 1. The number of methoxy groups -OCH3 is 2. The normalized spacial score (nSPS) is 10.6. The lowest BCUT2D eigenvalue weighted by Crippen LogP contribution is -2.13. The highest BCUT2D eigenvalue weighted by molar-refractivity contribution is 7.98. The van der Waals surface area contributed by atoms with Gasteiger partial charge in [0.05, 0.1) is 19.1 Å². The average Bonchev–Trinajstić information content (AvgIpc) is 2.77. The Kier molecular flexibility index (Phi) is 8.13. The first-order valence-electron chi connectivity index (χ1n) is 9.47. The average molecular weight is 477 g/mol. The number of esters is 1. The van der Waals surface area contributed by atoms with Gasteiger partial charge in [0.2, 0.25) is 0 Å². The number of halogens is 2. The second-order valence-corrected chi connectivity index (χ2v) is 8.56. The maximum absolute atomic E-state index is 11.4. The number of hydrogen-bond acceptors (Lipinski definition) is 5. The molecule has 0 aromatic heterocycles. The lowest BCUT2D eigenvalue weighted by atomic mass is 10.0. The Balaban J connectivity index is 1.83. The number of thioether (sulfide) groups is 1. The molecule has 0 saturated heterocycles. The number of aryl methyl sites for hydroxylation is 1. The molecule has 31 heavy (non-hydrogen) atoms. The van der Waals surface area contributed by atoms with E-state index in [1.54, 1.807) is 31.0 Å². The zero-order valence-electron chi connectivity index (χ0n) is 17.4. The van der Waals surface area contributed by atoms with Gasteiger partial charge < -0.3 is 14.2 Å². The van der Waals surface area contributed by atoms with Gasteiger partial charge in [-0.3, -0.25) is 0 Å². The Bertz CT molecular complexity index is 1090. The van der Waals surface area contributed by atoms with Gasteiger partial charge in [-0.1, -0.05) is 53.5 Å². The Morgan fingerprint density at radius 2 is 1.74 bits per heavy atom. The van der Waals surface area contributed by atoms with Crippen molar-refractivity contribution in [2.24, 2.45) is 0 Å². The molecule has 0 radical (unpaired) electrons. The molecule has 162 valence electrons. The third-order valence-electron chi connectivity index (χ3n) is 4.66. The van der Waals surface area contributed by atoms with Gasteiger partial charge in [0.1, 0.15) is 11.5 Å². The molecule has 3 aromatic rings. The maximum atomic E-state index is 11.4. The van der Waals surface area contributed by atoms with E-state index in [2.05, 4.69) is 16.9 Å². The first-order chi connectivity index (χ1) is 14.9. The zero-order valence-corrected chi connectivity index (χ0v) is 19.7. The third kappa shape index (κ3) is 5.88. The van der Waals surface area contributed by atoms with Crippen LogP contribution >= 0.6 is 35.0 Å². The van der Waals surface area contributed by atoms with Gasteiger partial charge >= 0.3 is 5.97 Å². The number of rotatable bonds is 8. The molecule has 0 aliphatic heterocycles. The summed E-state index contributed by atoms with van der Waals surface area (Å²) in [7, 11) is 2.94. The monoisotopic (exact) mass is 476 g/mol. The fourth-order valence-corrected chi connectivity index (χ4v) is 4.66. The summed E-state index contributed by atoms with van der Waals surface area (Å²) in [5.74, 6) is 1.54. The Morgan fingerprint density at radius 3 is 2.45 bits per heavy atom. The summed E-state index contributed by atoms with van der Waals surface area (Å²) in [6.45, 7) is 1.78. The van der Waals surface area contributed by atoms with E-state index in [4.69, 9.17) is 32.7 Å². The van der Waals surface area contributed by atoms with Crippen LogP contribution in [-0.2, 0) is 15.3 Å². The van der Waals surface area contributed by atoms with E-state index >= 15 is 0 Å². The van der Waals surface area contributed by atoms with Gasteiger partial charge in [-0.05, 0) is 41.8 Å². The molecule has 0 atom stereocenters. The minimum Gasteiger partial charge on any atom is -0.495 e. The minimum atomic E-state index is -0.436. The van der Waals surface area contributed by atoms with Gasteiger partial charge in [0, 0.05) is 27.4 Å². The van der Waals surface area contributed by atoms with Crippen molar-refractivity contribution in [3.63, 3.8) is 0 Å². The number of hydrogen-bond donors (Lipinski definition) is 0. The molecule has 0 aliphatic carbocycles. The van der Waals surface area contributed by atoms with Crippen LogP contribution in [0.5, 0.6) is 11.5 Å². The van der Waals surface area contributed by atoms with Crippen molar-refractivity contribution in [1.82, 2.24) is 0 Å². The van der Waals surface area contributed by atoms with Crippen LogP contribution < -0.4 is 9.47 Å². The highest BCUT2D eigenvalue weighted by atomic mass is 35.5. The third-order valence-corrected chi connectivity index (χ3v) is 6.29. The van der Waals surface area contributed by atoms with Gasteiger partial charge in [0.25, 0.3) is 0 Å². The van der Waals surface area contributed by atoms with Crippen LogP contribution in [0.3, 0.4) is 0 Å². The quantitative estimate of drug-likeness (QED) is 0.263. The predicted octanol–water partition coefficient (Wildman–Crippen LogP) is 6.82. The molecule has 0 saturated carbocycles. The molecule has 7 heteroatoms. The zero-order chi connectivity index (χ0) is 22.4. The summed E-state index contributed by atoms with van der Waals surface area (Å²) < 4.78 is 15.7. The largest absolute Gasteiger partial charge is 0.495 e. The van der Waals surface area contributed by atoms with Crippen molar-refractivity contribution in [3.8, 4) is 22.6 Å². The van der Waals surface area contributed by atoms with Crippen molar-refractivity contribution in [2.45, 2.75) is 17.6 Å². The van der Waals surface area contributed by atoms with Crippen LogP contribution in [-0.4, -0.2) is 26.8 Å². The summed E-state index contributed by atoms with van der Waals surface area (Å²) in [5.41, 5.74) is 4.05. The van der Waals surface area contributed by atoms with Crippen LogP contribution in [0.15, 0.2) is 59.5 Å². The van der Waals surface area contributed by atoms with Crippen molar-refractivity contribution in [1.29, 1.82) is 0 Å². The highest BCUT2D eigenvalue weighted by Gasteiger charge is 2.14. The molecule has 0 fully saturated rings. The van der Waals surface area contributed by atoms with Crippen LogP contribution in [0, 0.1) is 6.92 Å². The van der Waals surface area contributed by atoms with Crippen LogP contribution in [0.4, 0.5) is 0 Å². The van der Waals surface area contributed by atoms with Crippen LogP contribution in [0.1, 0.15) is 11.1 Å². The maximum Gasteiger partial charge on any atom is 0.343 e. The van der Waals surface area contributed by atoms with Gasteiger partial charge in [-0.2, -0.15) is 0 Å². The van der Waals surface area contributed by atoms with Gasteiger partial charge in [0.15, 0.2) is 6.61 Å². The van der Waals surface area contributed by atoms with E-state index in [1.165, 1.54) is 7.11 Å². The number of carbonyl (C=O) groups excluding carboxylic acids is 1. The Labute approximate surface area is 196 Å². The smallest absolute Gasteiger partial charge is 0.343 e. The number of ether oxygens (including phenoxy) is 3. The summed E-state index contributed by atoms with van der Waals surface area (Å²) in [6.07, 6.45) is 0. The fourth-order valence-electron chi connectivity index (χ4n) is 3.04. The highest BCUT2D eigenvalue weighted by Crippen LogP contribution is 2.39. The SMILES string of the molecule is COC(=O)COc1cc(OC)c(SCc2ccccc2-c2ccc(Cl)cc2Cl)cc1C. The molecule has 0 aliphatic rings. The van der Waals surface area contributed by atoms with E-state index in [-0.39, 0.29) is 6.61 Å². The van der Waals surface area contributed by atoms with Crippen molar-refractivity contribution in [3.05, 3.63) is 75.8 Å². The second kappa shape index (κ2) is 10.8. The molecular formula is C24H22Cl2O4S. The predicted molar refractivity (Wildman–Crippen MR) is 127 cm³/mol. The molecule has 0 bridgehead atoms. The molecule has 3 aromatic carbocycles. The lowest BCUT2D eigenvalue weighted by molar-refractivity contribution is -0.142. The molecule has 0 unspecified atom stereocenters. The van der Waals surface area contributed by atoms with E-state index < -0.39 is 5.97 Å². The molecule has 0 N–H and O–H groups in total. The standard InChI is InChI=1S/C24H22Cl2O4S/c1-15-10-23(22(28-2)12-21(15)30-13-24(27)29-3)31-14-16-6-4-5-7-18(16)19-9-8-17(25)11-20(19)26/h4-12H,13-14H2,1-3H3. The molecule has 0 heterocycles. The lowest BCUT2D eigenvalue weighted by Gasteiger charge is -2.15. The fraction of sp³-hybridized carbons (Fsp3) is 0.208. The summed E-state index contributed by atoms with van der Waals surface area (Å²) in [6, 6.07) is 17.5. The molecule has 0 amide bonds. The number of benzene rings is 3. The topological polar surface area (TPSA) is 44.8 Å². The van der Waals surface area contributed by atoms with E-state index in [9.17, 15) is 4.79 Å². The first-order valence-corrected chi connectivity index (χ1v) is 11.2. The molecular weight excluding hydrogens is 455 g/mol. The van der Waals surface area contributed by atoms with Crippen LogP contribution in [0.25, 0.3) is 11.1 Å². The van der Waals surface area contributed by atoms with Crippen molar-refractivity contribution < 1.29 is 19.0 Å².